The van der Waals surface area contributed by atoms with Crippen molar-refractivity contribution in [3.63, 3.8) is 0 Å². The molecule has 134 valence electrons. The van der Waals surface area contributed by atoms with E-state index in [2.05, 4.69) is 15.3 Å². The Labute approximate surface area is 149 Å². The highest BCUT2D eigenvalue weighted by Crippen LogP contribution is 2.32. The Morgan fingerprint density at radius 1 is 1.15 bits per heavy atom. The molecule has 0 saturated carbocycles. The lowest BCUT2D eigenvalue weighted by Gasteiger charge is -2.23. The third kappa shape index (κ3) is 2.75. The maximum absolute atomic E-state index is 11.8. The largest absolute Gasteiger partial charge is 0.351 e. The summed E-state index contributed by atoms with van der Waals surface area (Å²) < 4.78 is 2.04. The Balaban J connectivity index is 1.95. The molecule has 0 bridgehead atoms. The van der Waals surface area contributed by atoms with E-state index in [0.29, 0.717) is 12.1 Å². The number of carbonyl (C=O) groups excluding carboxylic acids is 1. The van der Waals surface area contributed by atoms with Crippen molar-refractivity contribution < 1.29 is 4.79 Å². The van der Waals surface area contributed by atoms with Crippen LogP contribution in [-0.4, -0.2) is 20.4 Å². The normalized spacial score (nSPS) is 13.6. The van der Waals surface area contributed by atoms with E-state index in [1.807, 2.05) is 29.0 Å². The van der Waals surface area contributed by atoms with E-state index in [1.54, 1.807) is 0 Å². The summed E-state index contributed by atoms with van der Waals surface area (Å²) >= 11 is 0. The molecule has 0 unspecified atom stereocenters. The van der Waals surface area contributed by atoms with Gasteiger partial charge < -0.3 is 19.9 Å². The number of amides is 1. The number of aryl methyl sites for hydroxylation is 1. The van der Waals surface area contributed by atoms with E-state index in [9.17, 15) is 14.4 Å². The molecule has 1 aliphatic carbocycles. The lowest BCUT2D eigenvalue weighted by Crippen LogP contribution is -2.30. The monoisotopic (exact) mass is 352 g/mol. The summed E-state index contributed by atoms with van der Waals surface area (Å²) in [7, 11) is 0. The number of nitrogens with zero attached hydrogens (tertiary/aromatic N) is 1. The van der Waals surface area contributed by atoms with Gasteiger partial charge in [-0.25, -0.2) is 0 Å². The number of aromatic nitrogens is 3. The van der Waals surface area contributed by atoms with E-state index in [4.69, 9.17) is 0 Å². The van der Waals surface area contributed by atoms with Crippen molar-refractivity contribution in [2.45, 2.75) is 39.2 Å². The number of aromatic amines is 2. The van der Waals surface area contributed by atoms with Crippen LogP contribution in [-0.2, 0) is 24.2 Å². The van der Waals surface area contributed by atoms with Crippen LogP contribution >= 0.6 is 0 Å². The molecule has 1 aliphatic rings. The van der Waals surface area contributed by atoms with Gasteiger partial charge in [-0.3, -0.25) is 14.4 Å². The van der Waals surface area contributed by atoms with Crippen LogP contribution in [0, 0.1) is 0 Å². The number of rotatable bonds is 3. The molecule has 0 spiro atoms. The summed E-state index contributed by atoms with van der Waals surface area (Å²) in [5.74, 6) is -0.0832. The average molecular weight is 352 g/mol. The van der Waals surface area contributed by atoms with Gasteiger partial charge >= 0.3 is 11.1 Å². The van der Waals surface area contributed by atoms with Crippen molar-refractivity contribution >= 4 is 16.9 Å². The van der Waals surface area contributed by atoms with Crippen molar-refractivity contribution in [2.24, 2.45) is 0 Å². The predicted octanol–water partition coefficient (Wildman–Crippen LogP) is 1.52. The maximum Gasteiger partial charge on any atom is 0.314 e. The molecular formula is C19H20N4O3. The molecule has 0 radical (unpaired) electrons. The Hall–Kier alpha value is -3.09. The van der Waals surface area contributed by atoms with Gasteiger partial charge in [0.1, 0.15) is 0 Å². The molecule has 0 aliphatic heterocycles. The van der Waals surface area contributed by atoms with Gasteiger partial charge in [0.05, 0.1) is 23.3 Å². The van der Waals surface area contributed by atoms with Crippen LogP contribution in [0.3, 0.4) is 0 Å². The van der Waals surface area contributed by atoms with Crippen molar-refractivity contribution in [2.75, 3.05) is 0 Å². The Bertz CT molecular complexity index is 1120. The van der Waals surface area contributed by atoms with Crippen LogP contribution in [0.2, 0.25) is 0 Å². The van der Waals surface area contributed by atoms with Crippen molar-refractivity contribution in [1.29, 1.82) is 0 Å². The Morgan fingerprint density at radius 2 is 1.88 bits per heavy atom. The third-order valence-corrected chi connectivity index (χ3v) is 4.93. The van der Waals surface area contributed by atoms with Crippen LogP contribution in [0.1, 0.15) is 36.6 Å². The molecule has 2 heterocycles. The molecule has 3 aromatic rings. The lowest BCUT2D eigenvalue weighted by molar-refractivity contribution is -0.119. The van der Waals surface area contributed by atoms with Crippen LogP contribution in [0.5, 0.6) is 0 Å². The van der Waals surface area contributed by atoms with Crippen molar-refractivity contribution in [1.82, 2.24) is 19.9 Å². The minimum Gasteiger partial charge on any atom is -0.351 e. The zero-order valence-corrected chi connectivity index (χ0v) is 14.5. The lowest BCUT2D eigenvalue weighted by atomic mass is 9.89. The molecule has 0 fully saturated rings. The maximum atomic E-state index is 11.8. The first-order valence-electron chi connectivity index (χ1n) is 8.76. The molecule has 0 atom stereocenters. The third-order valence-electron chi connectivity index (χ3n) is 4.93. The molecular weight excluding hydrogens is 332 g/mol. The Morgan fingerprint density at radius 3 is 2.65 bits per heavy atom. The quantitative estimate of drug-likeness (QED) is 0.623. The number of H-pyrrole nitrogens is 2. The highest BCUT2D eigenvalue weighted by atomic mass is 16.2. The highest BCUT2D eigenvalue weighted by molar-refractivity contribution is 5.83. The molecule has 1 aromatic carbocycles. The van der Waals surface area contributed by atoms with Crippen LogP contribution in [0.15, 0.2) is 34.0 Å². The van der Waals surface area contributed by atoms with E-state index >= 15 is 0 Å². The fourth-order valence-electron chi connectivity index (χ4n) is 3.74. The van der Waals surface area contributed by atoms with Gasteiger partial charge in [-0.2, -0.15) is 0 Å². The summed E-state index contributed by atoms with van der Waals surface area (Å²) in [6, 6.07) is 5.81. The van der Waals surface area contributed by atoms with E-state index in [1.165, 1.54) is 12.5 Å². The number of hydrogen-bond acceptors (Lipinski definition) is 3. The number of nitrogens with one attached hydrogen (secondary N) is 3. The van der Waals surface area contributed by atoms with E-state index < -0.39 is 11.1 Å². The highest BCUT2D eigenvalue weighted by Gasteiger charge is 2.20. The number of carbonyl (C=O) groups is 1. The standard InChI is InChI=1S/C19H20N4O3/c1-11(24)20-10-12-5-4-8-23(12)16-9-15-17(22-19(26)18(25)21-15)14-7-3-2-6-13(14)16/h4-5,8-9H,2-3,6-7,10H2,1H3,(H,20,24)(H,21,25)(H,22,26). The molecule has 7 heteroatoms. The second-order valence-electron chi connectivity index (χ2n) is 6.67. The van der Waals surface area contributed by atoms with Gasteiger partial charge in [0.15, 0.2) is 0 Å². The molecule has 0 saturated heterocycles. The molecule has 2 aromatic heterocycles. The fraction of sp³-hybridized carbons (Fsp3) is 0.316. The molecule has 7 nitrogen and oxygen atoms in total. The summed E-state index contributed by atoms with van der Waals surface area (Å²) in [5.41, 5.74) is 4.31. The molecule has 3 N–H and O–H groups in total. The summed E-state index contributed by atoms with van der Waals surface area (Å²) in [6.45, 7) is 1.92. The topological polar surface area (TPSA) is 99.8 Å². The fourth-order valence-corrected chi connectivity index (χ4v) is 3.74. The minimum atomic E-state index is -0.648. The van der Waals surface area contributed by atoms with E-state index in [-0.39, 0.29) is 5.91 Å². The second-order valence-corrected chi connectivity index (χ2v) is 6.67. The molecule has 1 amide bonds. The minimum absolute atomic E-state index is 0.0832. The van der Waals surface area contributed by atoms with E-state index in [0.717, 1.165) is 48.1 Å². The molecule has 4 rings (SSSR count). The number of benzene rings is 1. The van der Waals surface area contributed by atoms with Gasteiger partial charge in [0, 0.05) is 18.8 Å². The van der Waals surface area contributed by atoms with Gasteiger partial charge in [-0.05, 0) is 55.0 Å². The van der Waals surface area contributed by atoms with Gasteiger partial charge in [0.25, 0.3) is 0 Å². The first kappa shape index (κ1) is 16.4. The van der Waals surface area contributed by atoms with Gasteiger partial charge in [-0.15, -0.1) is 0 Å². The summed E-state index contributed by atoms with van der Waals surface area (Å²) in [5, 5.41) is 2.83. The smallest absolute Gasteiger partial charge is 0.314 e. The number of fused-ring (bicyclic) bond motifs is 3. The first-order chi connectivity index (χ1) is 12.5. The van der Waals surface area contributed by atoms with Crippen molar-refractivity contribution in [3.05, 3.63) is 61.9 Å². The summed E-state index contributed by atoms with van der Waals surface area (Å²) in [4.78, 5) is 40.3. The van der Waals surface area contributed by atoms with Crippen LogP contribution < -0.4 is 16.4 Å². The predicted molar refractivity (Wildman–Crippen MR) is 98.7 cm³/mol. The second kappa shape index (κ2) is 6.33. The zero-order valence-electron chi connectivity index (χ0n) is 14.5. The number of hydrogen-bond donors (Lipinski definition) is 3. The first-order valence-corrected chi connectivity index (χ1v) is 8.76. The SMILES string of the molecule is CC(=O)NCc1cccn1-c1cc2[nH]c(=O)c(=O)[nH]c2c2c1CCCC2. The summed E-state index contributed by atoms with van der Waals surface area (Å²) in [6.07, 6.45) is 5.87. The van der Waals surface area contributed by atoms with Crippen LogP contribution in [0.4, 0.5) is 0 Å². The van der Waals surface area contributed by atoms with Gasteiger partial charge in [0.2, 0.25) is 5.91 Å². The zero-order chi connectivity index (χ0) is 18.3. The van der Waals surface area contributed by atoms with Gasteiger partial charge in [-0.1, -0.05) is 0 Å². The van der Waals surface area contributed by atoms with Crippen LogP contribution in [0.25, 0.3) is 16.7 Å². The van der Waals surface area contributed by atoms with Crippen molar-refractivity contribution in [3.8, 4) is 5.69 Å². The Kier molecular flexibility index (Phi) is 3.99. The average Bonchev–Trinajstić information content (AvgIpc) is 3.09. The molecule has 26 heavy (non-hydrogen) atoms.